The van der Waals surface area contributed by atoms with Gasteiger partial charge in [0.15, 0.2) is 0 Å². The highest BCUT2D eigenvalue weighted by molar-refractivity contribution is 6.31. The third-order valence-electron chi connectivity index (χ3n) is 2.45. The molecule has 2 nitrogen and oxygen atoms in total. The predicted molar refractivity (Wildman–Crippen MR) is 68.5 cm³/mol. The average molecular weight is 247 g/mol. The van der Waals surface area contributed by atoms with Gasteiger partial charge in [0.25, 0.3) is 0 Å². The van der Waals surface area contributed by atoms with Gasteiger partial charge in [-0.15, -0.1) is 0 Å². The maximum absolute atomic E-state index is 11.4. The van der Waals surface area contributed by atoms with E-state index in [4.69, 9.17) is 16.3 Å². The molecule has 0 spiro atoms. The van der Waals surface area contributed by atoms with Crippen LogP contribution in [0.25, 0.3) is 0 Å². The summed E-state index contributed by atoms with van der Waals surface area (Å²) < 4.78 is 4.91. The van der Waals surface area contributed by atoms with Gasteiger partial charge in [-0.2, -0.15) is 0 Å². The number of rotatable bonds is 8. The van der Waals surface area contributed by atoms with Gasteiger partial charge in [-0.3, -0.25) is 4.79 Å². The second-order valence-electron chi connectivity index (χ2n) is 3.91. The van der Waals surface area contributed by atoms with Crippen molar-refractivity contribution in [2.24, 2.45) is 5.92 Å². The van der Waals surface area contributed by atoms with Crippen LogP contribution in [0, 0.1) is 5.92 Å². The number of unbranched alkanes of at least 4 members (excludes halogenated alkanes) is 4. The van der Waals surface area contributed by atoms with Crippen molar-refractivity contribution in [2.75, 3.05) is 6.61 Å². The molecule has 94 valence electrons. The molecule has 0 radical (unpaired) electrons. The maximum atomic E-state index is 11.4. The van der Waals surface area contributed by atoms with Crippen molar-refractivity contribution >= 4 is 17.6 Å². The van der Waals surface area contributed by atoms with Crippen LogP contribution < -0.4 is 0 Å². The summed E-state index contributed by atoms with van der Waals surface area (Å²) in [5.41, 5.74) is 0. The number of carbonyl (C=O) groups is 1. The molecule has 0 saturated heterocycles. The lowest BCUT2D eigenvalue weighted by atomic mass is 10.1. The summed E-state index contributed by atoms with van der Waals surface area (Å²) in [6.45, 7) is 6.17. The van der Waals surface area contributed by atoms with Gasteiger partial charge >= 0.3 is 5.97 Å². The van der Waals surface area contributed by atoms with E-state index in [0.29, 0.717) is 11.6 Å². The molecule has 0 aromatic heterocycles. The molecule has 0 aliphatic heterocycles. The van der Waals surface area contributed by atoms with E-state index in [9.17, 15) is 4.79 Å². The Morgan fingerprint density at radius 1 is 1.31 bits per heavy atom. The molecule has 0 saturated carbocycles. The van der Waals surface area contributed by atoms with Crippen molar-refractivity contribution in [1.29, 1.82) is 0 Å². The lowest BCUT2D eigenvalue weighted by Crippen LogP contribution is -2.14. The first-order valence-corrected chi connectivity index (χ1v) is 6.53. The van der Waals surface area contributed by atoms with Crippen molar-refractivity contribution in [2.45, 2.75) is 52.9 Å². The highest BCUT2D eigenvalue weighted by atomic mass is 35.5. The molecule has 0 bridgehead atoms. The fraction of sp³-hybridized carbons (Fsp3) is 0.769. The van der Waals surface area contributed by atoms with E-state index in [0.717, 1.165) is 12.8 Å². The Kier molecular flexibility index (Phi) is 9.40. The summed E-state index contributed by atoms with van der Waals surface area (Å²) in [6.07, 6.45) is 7.75. The summed E-state index contributed by atoms with van der Waals surface area (Å²) >= 11 is 6.03. The van der Waals surface area contributed by atoms with Crippen LogP contribution in [0.3, 0.4) is 0 Å². The second kappa shape index (κ2) is 9.71. The molecule has 1 atom stereocenters. The Hall–Kier alpha value is -0.500. The standard InChI is InChI=1S/C13H23ClO2/c1-4-6-7-8-9-10-12(14)11(3)13(15)16-5-2/h10-11H,4-9H2,1-3H3/b12-10-. The van der Waals surface area contributed by atoms with Crippen LogP contribution in [0.5, 0.6) is 0 Å². The number of hydrogen-bond acceptors (Lipinski definition) is 2. The quantitative estimate of drug-likeness (QED) is 0.472. The number of esters is 1. The van der Waals surface area contributed by atoms with Gasteiger partial charge in [-0.05, 0) is 26.7 Å². The molecular weight excluding hydrogens is 224 g/mol. The highest BCUT2D eigenvalue weighted by Crippen LogP contribution is 2.18. The van der Waals surface area contributed by atoms with Crippen molar-refractivity contribution in [3.63, 3.8) is 0 Å². The van der Waals surface area contributed by atoms with E-state index in [1.165, 1.54) is 19.3 Å². The molecule has 0 fully saturated rings. The first kappa shape index (κ1) is 15.5. The normalized spacial score (nSPS) is 13.6. The molecule has 3 heteroatoms. The Labute approximate surface area is 104 Å². The Bertz CT molecular complexity index is 224. The lowest BCUT2D eigenvalue weighted by Gasteiger charge is -2.09. The molecule has 0 aromatic rings. The zero-order valence-electron chi connectivity index (χ0n) is 10.6. The van der Waals surface area contributed by atoms with Crippen LogP contribution in [0.15, 0.2) is 11.1 Å². The van der Waals surface area contributed by atoms with E-state index in [-0.39, 0.29) is 11.9 Å². The fourth-order valence-electron chi connectivity index (χ4n) is 1.37. The zero-order valence-corrected chi connectivity index (χ0v) is 11.3. The van der Waals surface area contributed by atoms with E-state index >= 15 is 0 Å². The maximum Gasteiger partial charge on any atom is 0.314 e. The third kappa shape index (κ3) is 6.89. The minimum atomic E-state index is -0.326. The van der Waals surface area contributed by atoms with Crippen molar-refractivity contribution in [3.05, 3.63) is 11.1 Å². The smallest absolute Gasteiger partial charge is 0.314 e. The minimum Gasteiger partial charge on any atom is -0.466 e. The number of hydrogen-bond donors (Lipinski definition) is 0. The van der Waals surface area contributed by atoms with Gasteiger partial charge in [-0.25, -0.2) is 0 Å². The van der Waals surface area contributed by atoms with E-state index in [2.05, 4.69) is 6.92 Å². The Morgan fingerprint density at radius 3 is 2.56 bits per heavy atom. The van der Waals surface area contributed by atoms with Crippen LogP contribution in [0.2, 0.25) is 0 Å². The van der Waals surface area contributed by atoms with Crippen LogP contribution in [-0.2, 0) is 9.53 Å². The van der Waals surface area contributed by atoms with Gasteiger partial charge in [0, 0.05) is 5.03 Å². The summed E-state index contributed by atoms with van der Waals surface area (Å²) in [4.78, 5) is 11.4. The molecule has 0 aliphatic rings. The molecule has 0 rings (SSSR count). The topological polar surface area (TPSA) is 26.3 Å². The highest BCUT2D eigenvalue weighted by Gasteiger charge is 2.16. The van der Waals surface area contributed by atoms with Gasteiger partial charge < -0.3 is 4.74 Å². The largest absolute Gasteiger partial charge is 0.466 e. The minimum absolute atomic E-state index is 0.239. The average Bonchev–Trinajstić information content (AvgIpc) is 2.27. The Balaban J connectivity index is 3.87. The third-order valence-corrected chi connectivity index (χ3v) is 2.93. The summed E-state index contributed by atoms with van der Waals surface area (Å²) in [5.74, 6) is -0.565. The van der Waals surface area contributed by atoms with Crippen LogP contribution in [0.1, 0.15) is 52.9 Å². The molecular formula is C13H23ClO2. The van der Waals surface area contributed by atoms with E-state index in [1.54, 1.807) is 13.8 Å². The van der Waals surface area contributed by atoms with Crippen LogP contribution >= 0.6 is 11.6 Å². The molecule has 0 aliphatic carbocycles. The SMILES string of the molecule is CCCCCC/C=C(\Cl)C(C)C(=O)OCC. The first-order chi connectivity index (χ1) is 7.63. The lowest BCUT2D eigenvalue weighted by molar-refractivity contribution is -0.145. The van der Waals surface area contributed by atoms with Crippen molar-refractivity contribution in [3.8, 4) is 0 Å². The number of carbonyl (C=O) groups excluding carboxylic acids is 1. The molecule has 0 N–H and O–H groups in total. The zero-order chi connectivity index (χ0) is 12.4. The summed E-state index contributed by atoms with van der Waals surface area (Å²) in [6, 6.07) is 0. The Morgan fingerprint density at radius 2 is 2.00 bits per heavy atom. The van der Waals surface area contributed by atoms with Gasteiger partial charge in [0.2, 0.25) is 0 Å². The van der Waals surface area contributed by atoms with E-state index < -0.39 is 0 Å². The van der Waals surface area contributed by atoms with Crippen LogP contribution in [0.4, 0.5) is 0 Å². The molecule has 0 aromatic carbocycles. The number of allylic oxidation sites excluding steroid dienone is 1. The van der Waals surface area contributed by atoms with E-state index in [1.807, 2.05) is 6.08 Å². The van der Waals surface area contributed by atoms with Crippen LogP contribution in [-0.4, -0.2) is 12.6 Å². The molecule has 1 unspecified atom stereocenters. The summed E-state index contributed by atoms with van der Waals surface area (Å²) in [7, 11) is 0. The van der Waals surface area contributed by atoms with Gasteiger partial charge in [-0.1, -0.05) is 43.9 Å². The number of ether oxygens (including phenoxy) is 1. The van der Waals surface area contributed by atoms with Crippen molar-refractivity contribution < 1.29 is 9.53 Å². The van der Waals surface area contributed by atoms with Gasteiger partial charge in [0.05, 0.1) is 12.5 Å². The number of halogens is 1. The first-order valence-electron chi connectivity index (χ1n) is 6.15. The van der Waals surface area contributed by atoms with Gasteiger partial charge in [0.1, 0.15) is 0 Å². The second-order valence-corrected chi connectivity index (χ2v) is 4.35. The predicted octanol–water partition coefficient (Wildman–Crippen LogP) is 4.28. The summed E-state index contributed by atoms with van der Waals surface area (Å²) in [5, 5.41) is 0.606. The molecule has 16 heavy (non-hydrogen) atoms. The monoisotopic (exact) mass is 246 g/mol. The molecule has 0 heterocycles. The molecule has 0 amide bonds. The fourth-order valence-corrected chi connectivity index (χ4v) is 1.57. The van der Waals surface area contributed by atoms with Crippen molar-refractivity contribution in [1.82, 2.24) is 0 Å².